The quantitative estimate of drug-likeness (QED) is 0.434. The van der Waals surface area contributed by atoms with Gasteiger partial charge in [0, 0.05) is 0 Å². The molecule has 0 aromatic rings. The molecule has 4 nitrogen and oxygen atoms in total. The Morgan fingerprint density at radius 2 is 1.90 bits per heavy atom. The molecule has 0 spiro atoms. The molecule has 0 bridgehead atoms. The third-order valence-electron chi connectivity index (χ3n) is 2.07. The standard InChI is InChI=1S/C6H11NO3/c7-3-1-9-6-4(8)2-10-5(3)6/h3-6,8H,1-2,7H2/t3-,4-,5+,6+/m0/s1. The zero-order valence-electron chi connectivity index (χ0n) is 5.56. The first kappa shape index (κ1) is 6.54. The van der Waals surface area contributed by atoms with E-state index in [1.165, 1.54) is 0 Å². The maximum Gasteiger partial charge on any atom is 0.113 e. The molecule has 0 radical (unpaired) electrons. The summed E-state index contributed by atoms with van der Waals surface area (Å²) in [5.74, 6) is 0. The summed E-state index contributed by atoms with van der Waals surface area (Å²) >= 11 is 0. The van der Waals surface area contributed by atoms with E-state index in [1.807, 2.05) is 0 Å². The van der Waals surface area contributed by atoms with Crippen molar-refractivity contribution in [1.82, 2.24) is 0 Å². The van der Waals surface area contributed by atoms with Crippen LogP contribution in [0.1, 0.15) is 0 Å². The van der Waals surface area contributed by atoms with E-state index in [9.17, 15) is 5.11 Å². The predicted molar refractivity (Wildman–Crippen MR) is 33.5 cm³/mol. The number of aliphatic hydroxyl groups excluding tert-OH is 1. The summed E-state index contributed by atoms with van der Waals surface area (Å²) in [5.41, 5.74) is 5.62. The molecular weight excluding hydrogens is 134 g/mol. The van der Waals surface area contributed by atoms with E-state index in [4.69, 9.17) is 15.2 Å². The molecule has 0 unspecified atom stereocenters. The minimum Gasteiger partial charge on any atom is -0.388 e. The summed E-state index contributed by atoms with van der Waals surface area (Å²) in [6, 6.07) is -0.0536. The highest BCUT2D eigenvalue weighted by Crippen LogP contribution is 2.25. The monoisotopic (exact) mass is 145 g/mol. The molecule has 0 aliphatic carbocycles. The van der Waals surface area contributed by atoms with Crippen LogP contribution in [0.4, 0.5) is 0 Å². The first-order chi connectivity index (χ1) is 4.79. The largest absolute Gasteiger partial charge is 0.388 e. The Labute approximate surface area is 58.9 Å². The van der Waals surface area contributed by atoms with E-state index in [-0.39, 0.29) is 18.2 Å². The summed E-state index contributed by atoms with van der Waals surface area (Å²) in [4.78, 5) is 0. The molecule has 0 saturated carbocycles. The van der Waals surface area contributed by atoms with Gasteiger partial charge in [-0.3, -0.25) is 0 Å². The molecule has 2 saturated heterocycles. The van der Waals surface area contributed by atoms with Crippen LogP contribution in [0, 0.1) is 0 Å². The molecule has 0 aromatic heterocycles. The van der Waals surface area contributed by atoms with Gasteiger partial charge in [-0.1, -0.05) is 0 Å². The Bertz CT molecular complexity index is 125. The third-order valence-corrected chi connectivity index (χ3v) is 2.07. The van der Waals surface area contributed by atoms with Crippen LogP contribution in [-0.2, 0) is 9.47 Å². The van der Waals surface area contributed by atoms with Crippen molar-refractivity contribution < 1.29 is 14.6 Å². The van der Waals surface area contributed by atoms with Crippen LogP contribution in [0.3, 0.4) is 0 Å². The number of hydrogen-bond acceptors (Lipinski definition) is 4. The molecule has 2 fully saturated rings. The van der Waals surface area contributed by atoms with Crippen molar-refractivity contribution in [3.05, 3.63) is 0 Å². The molecular formula is C6H11NO3. The maximum absolute atomic E-state index is 9.21. The van der Waals surface area contributed by atoms with Gasteiger partial charge in [-0.15, -0.1) is 0 Å². The highest BCUT2D eigenvalue weighted by Gasteiger charge is 2.45. The lowest BCUT2D eigenvalue weighted by Gasteiger charge is -2.10. The number of nitrogens with two attached hydrogens (primary N) is 1. The van der Waals surface area contributed by atoms with Crippen molar-refractivity contribution in [3.63, 3.8) is 0 Å². The summed E-state index contributed by atoms with van der Waals surface area (Å²) < 4.78 is 10.4. The van der Waals surface area contributed by atoms with Crippen LogP contribution >= 0.6 is 0 Å². The maximum atomic E-state index is 9.21. The predicted octanol–water partition coefficient (Wildman–Crippen LogP) is -1.53. The lowest BCUT2D eigenvalue weighted by Crippen LogP contribution is -2.36. The Morgan fingerprint density at radius 1 is 1.20 bits per heavy atom. The number of ether oxygens (including phenoxy) is 2. The number of hydrogen-bond donors (Lipinski definition) is 2. The molecule has 0 aromatic carbocycles. The molecule has 2 rings (SSSR count). The number of rotatable bonds is 0. The molecule has 3 N–H and O–H groups in total. The van der Waals surface area contributed by atoms with Gasteiger partial charge in [0.1, 0.15) is 18.3 Å². The van der Waals surface area contributed by atoms with Gasteiger partial charge in [0.2, 0.25) is 0 Å². The van der Waals surface area contributed by atoms with Gasteiger partial charge < -0.3 is 20.3 Å². The van der Waals surface area contributed by atoms with E-state index in [2.05, 4.69) is 0 Å². The molecule has 2 aliphatic heterocycles. The SMILES string of the molecule is N[C@H]1CO[C@H]2[C@@H]1OC[C@@H]2O. The fourth-order valence-electron chi connectivity index (χ4n) is 1.51. The topological polar surface area (TPSA) is 64.7 Å². The fourth-order valence-corrected chi connectivity index (χ4v) is 1.51. The summed E-state index contributed by atoms with van der Waals surface area (Å²) in [7, 11) is 0. The van der Waals surface area contributed by atoms with Crippen molar-refractivity contribution in [1.29, 1.82) is 0 Å². The molecule has 58 valence electrons. The van der Waals surface area contributed by atoms with Crippen LogP contribution in [0.25, 0.3) is 0 Å². The van der Waals surface area contributed by atoms with E-state index in [1.54, 1.807) is 0 Å². The van der Waals surface area contributed by atoms with E-state index in [0.29, 0.717) is 13.2 Å². The Morgan fingerprint density at radius 3 is 2.60 bits per heavy atom. The van der Waals surface area contributed by atoms with E-state index < -0.39 is 6.10 Å². The zero-order chi connectivity index (χ0) is 7.14. The normalized spacial score (nSPS) is 53.4. The summed E-state index contributed by atoms with van der Waals surface area (Å²) in [6.07, 6.45) is -0.719. The van der Waals surface area contributed by atoms with Gasteiger partial charge in [0.15, 0.2) is 0 Å². The molecule has 2 aliphatic rings. The molecule has 0 amide bonds. The average Bonchev–Trinajstić information content (AvgIpc) is 2.41. The van der Waals surface area contributed by atoms with Crippen LogP contribution < -0.4 is 5.73 Å². The second-order valence-corrected chi connectivity index (χ2v) is 2.83. The second kappa shape index (κ2) is 2.17. The van der Waals surface area contributed by atoms with Gasteiger partial charge in [0.05, 0.1) is 19.3 Å². The molecule has 2 heterocycles. The van der Waals surface area contributed by atoms with Gasteiger partial charge >= 0.3 is 0 Å². The van der Waals surface area contributed by atoms with Crippen molar-refractivity contribution in [2.45, 2.75) is 24.4 Å². The zero-order valence-corrected chi connectivity index (χ0v) is 5.56. The average molecular weight is 145 g/mol. The van der Waals surface area contributed by atoms with Crippen molar-refractivity contribution in [2.24, 2.45) is 5.73 Å². The number of aliphatic hydroxyl groups is 1. The van der Waals surface area contributed by atoms with Gasteiger partial charge in [-0.05, 0) is 0 Å². The van der Waals surface area contributed by atoms with Crippen LogP contribution in [0.2, 0.25) is 0 Å². The minimum absolute atomic E-state index is 0.0536. The van der Waals surface area contributed by atoms with Crippen molar-refractivity contribution >= 4 is 0 Å². The van der Waals surface area contributed by atoms with E-state index in [0.717, 1.165) is 0 Å². The fraction of sp³-hybridized carbons (Fsp3) is 1.00. The Kier molecular flexibility index (Phi) is 1.42. The first-order valence-electron chi connectivity index (χ1n) is 3.46. The van der Waals surface area contributed by atoms with Crippen molar-refractivity contribution in [3.8, 4) is 0 Å². The minimum atomic E-state index is -0.474. The first-order valence-corrected chi connectivity index (χ1v) is 3.46. The summed E-state index contributed by atoms with van der Waals surface area (Å²) in [5, 5.41) is 9.21. The van der Waals surface area contributed by atoms with Gasteiger partial charge in [0.25, 0.3) is 0 Å². The Balaban J connectivity index is 2.09. The second-order valence-electron chi connectivity index (χ2n) is 2.83. The number of fused-ring (bicyclic) bond motifs is 1. The van der Waals surface area contributed by atoms with Crippen LogP contribution in [0.5, 0.6) is 0 Å². The third kappa shape index (κ3) is 0.769. The van der Waals surface area contributed by atoms with Crippen molar-refractivity contribution in [2.75, 3.05) is 13.2 Å². The summed E-state index contributed by atoms with van der Waals surface area (Å²) in [6.45, 7) is 0.870. The Hall–Kier alpha value is -0.160. The molecule has 4 atom stereocenters. The van der Waals surface area contributed by atoms with E-state index >= 15 is 0 Å². The smallest absolute Gasteiger partial charge is 0.113 e. The highest BCUT2D eigenvalue weighted by atomic mass is 16.6. The lowest BCUT2D eigenvalue weighted by molar-refractivity contribution is 0.0182. The lowest BCUT2D eigenvalue weighted by atomic mass is 10.1. The van der Waals surface area contributed by atoms with Crippen LogP contribution in [0.15, 0.2) is 0 Å². The highest BCUT2D eigenvalue weighted by molar-refractivity contribution is 4.95. The molecule has 10 heavy (non-hydrogen) atoms. The van der Waals surface area contributed by atoms with Crippen LogP contribution in [-0.4, -0.2) is 42.7 Å². The van der Waals surface area contributed by atoms with Gasteiger partial charge in [-0.2, -0.15) is 0 Å². The van der Waals surface area contributed by atoms with Gasteiger partial charge in [-0.25, -0.2) is 0 Å². The molecule has 4 heteroatoms.